The van der Waals surface area contributed by atoms with Crippen LogP contribution >= 0.6 is 0 Å². The molecule has 0 saturated carbocycles. The molecule has 0 spiro atoms. The third kappa shape index (κ3) is 4.08. The van der Waals surface area contributed by atoms with Gasteiger partial charge >= 0.3 is 0 Å². The van der Waals surface area contributed by atoms with E-state index in [1.165, 1.54) is 36.9 Å². The van der Waals surface area contributed by atoms with Crippen molar-refractivity contribution in [2.24, 2.45) is 11.8 Å². The minimum Gasteiger partial charge on any atom is -0.299 e. The summed E-state index contributed by atoms with van der Waals surface area (Å²) in [6.45, 7) is 6.25. The summed E-state index contributed by atoms with van der Waals surface area (Å²) in [6.07, 6.45) is 4.82. The van der Waals surface area contributed by atoms with Crippen LogP contribution in [0.25, 0.3) is 0 Å². The molecule has 4 atom stereocenters. The van der Waals surface area contributed by atoms with Crippen LogP contribution in [0.5, 0.6) is 0 Å². The molecule has 1 aromatic carbocycles. The van der Waals surface area contributed by atoms with Crippen LogP contribution in [0.3, 0.4) is 0 Å². The first-order valence-corrected chi connectivity index (χ1v) is 11.3. The number of hydrogen-bond donors (Lipinski definition) is 1. The molecule has 4 heterocycles. The van der Waals surface area contributed by atoms with E-state index in [-0.39, 0.29) is 0 Å². The SMILES string of the molecule is CS(=O)(=O)NC[C@H]1C[C@@H]2CCN1C[C@@H]2CN1CCc2ccccc2C1. The van der Waals surface area contributed by atoms with Gasteiger partial charge in [-0.05, 0) is 48.8 Å². The zero-order valence-electron chi connectivity index (χ0n) is 15.0. The predicted octanol–water partition coefficient (Wildman–Crippen LogP) is 1.30. The van der Waals surface area contributed by atoms with Crippen molar-refractivity contribution in [2.45, 2.75) is 31.8 Å². The van der Waals surface area contributed by atoms with Crippen molar-refractivity contribution in [3.8, 4) is 0 Å². The van der Waals surface area contributed by atoms with Crippen LogP contribution in [0.4, 0.5) is 0 Å². The third-order valence-corrected chi connectivity index (χ3v) is 6.99. The van der Waals surface area contributed by atoms with E-state index >= 15 is 0 Å². The molecule has 3 fully saturated rings. The third-order valence-electron chi connectivity index (χ3n) is 6.30. The number of sulfonamides is 1. The van der Waals surface area contributed by atoms with E-state index in [1.54, 1.807) is 0 Å². The first-order valence-electron chi connectivity index (χ1n) is 9.46. The summed E-state index contributed by atoms with van der Waals surface area (Å²) in [7, 11) is -3.09. The van der Waals surface area contributed by atoms with Crippen LogP contribution in [-0.4, -0.2) is 63.2 Å². The van der Waals surface area contributed by atoms with Gasteiger partial charge in [0.2, 0.25) is 10.0 Å². The molecule has 0 aromatic heterocycles. The van der Waals surface area contributed by atoms with Gasteiger partial charge in [0.15, 0.2) is 0 Å². The largest absolute Gasteiger partial charge is 0.299 e. The van der Waals surface area contributed by atoms with Gasteiger partial charge in [-0.2, -0.15) is 0 Å². The van der Waals surface area contributed by atoms with Crippen molar-refractivity contribution in [2.75, 3.05) is 39.0 Å². The maximum Gasteiger partial charge on any atom is 0.208 e. The average molecular weight is 364 g/mol. The molecule has 1 N–H and O–H groups in total. The van der Waals surface area contributed by atoms with Gasteiger partial charge in [0.05, 0.1) is 6.26 Å². The molecule has 1 unspecified atom stereocenters. The molecule has 0 amide bonds. The fourth-order valence-electron chi connectivity index (χ4n) is 4.96. The summed E-state index contributed by atoms with van der Waals surface area (Å²) < 4.78 is 25.4. The summed E-state index contributed by atoms with van der Waals surface area (Å²) in [5, 5.41) is 0. The first kappa shape index (κ1) is 17.5. The maximum atomic E-state index is 11.4. The van der Waals surface area contributed by atoms with E-state index in [9.17, 15) is 8.42 Å². The van der Waals surface area contributed by atoms with E-state index in [2.05, 4.69) is 38.8 Å². The molecule has 0 radical (unpaired) electrons. The molecule has 6 heteroatoms. The van der Waals surface area contributed by atoms with E-state index < -0.39 is 10.0 Å². The van der Waals surface area contributed by atoms with Crippen LogP contribution in [0.2, 0.25) is 0 Å². The Morgan fingerprint density at radius 1 is 1.20 bits per heavy atom. The lowest BCUT2D eigenvalue weighted by molar-refractivity contribution is -0.0118. The van der Waals surface area contributed by atoms with Crippen molar-refractivity contribution in [3.63, 3.8) is 0 Å². The summed E-state index contributed by atoms with van der Waals surface area (Å²) in [4.78, 5) is 5.14. The summed E-state index contributed by atoms with van der Waals surface area (Å²) in [5.41, 5.74) is 3.00. The fourth-order valence-corrected chi connectivity index (χ4v) is 5.45. The smallest absolute Gasteiger partial charge is 0.208 e. The van der Waals surface area contributed by atoms with Gasteiger partial charge in [-0.15, -0.1) is 0 Å². The second-order valence-corrected chi connectivity index (χ2v) is 9.90. The molecule has 3 saturated heterocycles. The second-order valence-electron chi connectivity index (χ2n) is 8.07. The highest BCUT2D eigenvalue weighted by atomic mass is 32.2. The Bertz CT molecular complexity index is 721. The molecule has 0 aliphatic carbocycles. The zero-order chi connectivity index (χ0) is 17.4. The number of hydrogen-bond acceptors (Lipinski definition) is 4. The Balaban J connectivity index is 1.34. The zero-order valence-corrected chi connectivity index (χ0v) is 15.8. The van der Waals surface area contributed by atoms with Crippen LogP contribution < -0.4 is 4.72 Å². The van der Waals surface area contributed by atoms with Crippen molar-refractivity contribution in [3.05, 3.63) is 35.4 Å². The molecule has 138 valence electrons. The Hall–Kier alpha value is -0.950. The van der Waals surface area contributed by atoms with Crippen molar-refractivity contribution in [1.29, 1.82) is 0 Å². The monoisotopic (exact) mass is 363 g/mol. The maximum absolute atomic E-state index is 11.4. The van der Waals surface area contributed by atoms with E-state index in [0.29, 0.717) is 12.6 Å². The van der Waals surface area contributed by atoms with Crippen molar-refractivity contribution in [1.82, 2.24) is 14.5 Å². The van der Waals surface area contributed by atoms with Gasteiger partial charge < -0.3 is 0 Å². The number of benzene rings is 1. The van der Waals surface area contributed by atoms with E-state index in [1.807, 2.05) is 0 Å². The number of piperidine rings is 3. The minimum absolute atomic E-state index is 0.381. The van der Waals surface area contributed by atoms with E-state index in [0.717, 1.165) is 44.3 Å². The molecule has 4 aliphatic heterocycles. The normalized spacial score (nSPS) is 32.5. The predicted molar refractivity (Wildman–Crippen MR) is 99.8 cm³/mol. The quantitative estimate of drug-likeness (QED) is 0.857. The number of nitrogens with one attached hydrogen (secondary N) is 1. The summed E-state index contributed by atoms with van der Waals surface area (Å²) in [6, 6.07) is 9.21. The molecular formula is C19H29N3O2S. The number of nitrogens with zero attached hydrogens (tertiary/aromatic N) is 2. The molecule has 1 aromatic rings. The molecule has 25 heavy (non-hydrogen) atoms. The topological polar surface area (TPSA) is 52.7 Å². The minimum atomic E-state index is -3.09. The highest BCUT2D eigenvalue weighted by Gasteiger charge is 2.40. The Labute approximate surface area is 151 Å². The number of rotatable bonds is 5. The van der Waals surface area contributed by atoms with Crippen molar-refractivity contribution >= 4 is 10.0 Å². The van der Waals surface area contributed by atoms with Gasteiger partial charge in [0, 0.05) is 38.8 Å². The van der Waals surface area contributed by atoms with Gasteiger partial charge in [-0.25, -0.2) is 13.1 Å². The van der Waals surface area contributed by atoms with Crippen LogP contribution in [0.15, 0.2) is 24.3 Å². The second kappa shape index (κ2) is 6.99. The van der Waals surface area contributed by atoms with Crippen LogP contribution in [0, 0.1) is 11.8 Å². The lowest BCUT2D eigenvalue weighted by Gasteiger charge is -2.51. The van der Waals surface area contributed by atoms with Gasteiger partial charge in [0.25, 0.3) is 0 Å². The van der Waals surface area contributed by atoms with E-state index in [4.69, 9.17) is 0 Å². The molecule has 4 aliphatic rings. The van der Waals surface area contributed by atoms with Gasteiger partial charge in [-0.1, -0.05) is 24.3 Å². The van der Waals surface area contributed by atoms with Crippen LogP contribution in [-0.2, 0) is 23.0 Å². The Kier molecular flexibility index (Phi) is 4.88. The number of fused-ring (bicyclic) bond motifs is 4. The Morgan fingerprint density at radius 3 is 2.72 bits per heavy atom. The summed E-state index contributed by atoms with van der Waals surface area (Å²) >= 11 is 0. The highest BCUT2D eigenvalue weighted by Crippen LogP contribution is 2.37. The summed E-state index contributed by atoms with van der Waals surface area (Å²) in [5.74, 6) is 1.47. The molecule has 2 bridgehead atoms. The lowest BCUT2D eigenvalue weighted by atomic mass is 9.75. The highest BCUT2D eigenvalue weighted by molar-refractivity contribution is 7.88. The Morgan fingerprint density at radius 2 is 2.00 bits per heavy atom. The van der Waals surface area contributed by atoms with Crippen molar-refractivity contribution < 1.29 is 8.42 Å². The standard InChI is InChI=1S/C19H29N3O2S/c1-25(23,24)20-11-19-10-16-7-9-22(19)14-18(16)13-21-8-6-15-4-2-3-5-17(15)12-21/h2-5,16,18-20H,6-14H2,1H3/t16-,18-,19+/m0/s1. The van der Waals surface area contributed by atoms with Gasteiger partial charge in [0.1, 0.15) is 0 Å². The molecular weight excluding hydrogens is 334 g/mol. The lowest BCUT2D eigenvalue weighted by Crippen LogP contribution is -2.58. The first-order chi connectivity index (χ1) is 12.0. The molecule has 5 rings (SSSR count). The molecule has 5 nitrogen and oxygen atoms in total. The van der Waals surface area contributed by atoms with Crippen LogP contribution in [0.1, 0.15) is 24.0 Å². The fraction of sp³-hybridized carbons (Fsp3) is 0.684. The van der Waals surface area contributed by atoms with Gasteiger partial charge in [-0.3, -0.25) is 9.80 Å². The average Bonchev–Trinajstić information content (AvgIpc) is 2.60.